The Bertz CT molecular complexity index is 823. The van der Waals surface area contributed by atoms with Crippen LogP contribution in [0.3, 0.4) is 0 Å². The fourth-order valence-electron chi connectivity index (χ4n) is 3.03. The number of rotatable bonds is 4. The van der Waals surface area contributed by atoms with Crippen molar-refractivity contribution in [1.82, 2.24) is 15.1 Å². The number of carbonyl (C=O) groups excluding carboxylic acids is 1. The van der Waals surface area contributed by atoms with Crippen LogP contribution in [0.5, 0.6) is 5.88 Å². The molecule has 1 atom stereocenters. The van der Waals surface area contributed by atoms with E-state index in [-0.39, 0.29) is 24.7 Å². The molecule has 0 N–H and O–H groups in total. The van der Waals surface area contributed by atoms with Crippen LogP contribution in [0.15, 0.2) is 42.5 Å². The zero-order chi connectivity index (χ0) is 21.1. The van der Waals surface area contributed by atoms with Crippen molar-refractivity contribution in [2.24, 2.45) is 0 Å². The second-order valence-electron chi connectivity index (χ2n) is 8.06. The van der Waals surface area contributed by atoms with Gasteiger partial charge < -0.3 is 14.4 Å². The van der Waals surface area contributed by atoms with E-state index in [1.54, 1.807) is 20.8 Å². The minimum absolute atomic E-state index is 0.0654. The number of likely N-dealkylation sites (tertiary alicyclic amines) is 1. The first-order valence-corrected chi connectivity index (χ1v) is 9.50. The van der Waals surface area contributed by atoms with Gasteiger partial charge in [0, 0.05) is 25.6 Å². The number of piperidine rings is 1. The quantitative estimate of drug-likeness (QED) is 0.754. The standard InChI is InChI=1S/C21H25F2N3O3/c1-20(2,3)29-19(27)26-12-11-21(22,23)16(13-26)17-9-10-18(25-24-17)28-14-15-7-5-4-6-8-15/h4-10,16H,11-14H2,1-3H3. The van der Waals surface area contributed by atoms with E-state index in [0.29, 0.717) is 6.61 Å². The van der Waals surface area contributed by atoms with Gasteiger partial charge in [0.1, 0.15) is 12.2 Å². The van der Waals surface area contributed by atoms with Crippen molar-refractivity contribution < 1.29 is 23.0 Å². The molecule has 0 aliphatic carbocycles. The van der Waals surface area contributed by atoms with Crippen molar-refractivity contribution >= 4 is 6.09 Å². The molecular weight excluding hydrogens is 380 g/mol. The Hall–Kier alpha value is -2.77. The fraction of sp³-hybridized carbons (Fsp3) is 0.476. The smallest absolute Gasteiger partial charge is 0.410 e. The van der Waals surface area contributed by atoms with E-state index in [0.717, 1.165) is 5.56 Å². The van der Waals surface area contributed by atoms with E-state index >= 15 is 0 Å². The molecule has 0 spiro atoms. The van der Waals surface area contributed by atoms with Crippen LogP contribution in [-0.2, 0) is 11.3 Å². The Morgan fingerprint density at radius 1 is 1.17 bits per heavy atom. The first kappa shape index (κ1) is 21.0. The zero-order valence-corrected chi connectivity index (χ0v) is 16.8. The summed E-state index contributed by atoms with van der Waals surface area (Å²) in [6.45, 7) is 5.27. The molecule has 1 saturated heterocycles. The van der Waals surface area contributed by atoms with Gasteiger partial charge in [-0.25, -0.2) is 13.6 Å². The molecule has 29 heavy (non-hydrogen) atoms. The number of aromatic nitrogens is 2. The molecule has 0 bridgehead atoms. The van der Waals surface area contributed by atoms with Crippen molar-refractivity contribution in [3.63, 3.8) is 0 Å². The van der Waals surface area contributed by atoms with E-state index in [9.17, 15) is 13.6 Å². The largest absolute Gasteiger partial charge is 0.472 e. The molecule has 2 aromatic rings. The molecule has 1 aliphatic rings. The maximum Gasteiger partial charge on any atom is 0.410 e. The normalized spacial score (nSPS) is 18.9. The number of benzene rings is 1. The first-order chi connectivity index (χ1) is 13.6. The van der Waals surface area contributed by atoms with Crippen molar-refractivity contribution in [2.45, 2.75) is 51.2 Å². The van der Waals surface area contributed by atoms with Crippen LogP contribution in [-0.4, -0.2) is 45.8 Å². The summed E-state index contributed by atoms with van der Waals surface area (Å²) in [5.74, 6) is -3.99. The van der Waals surface area contributed by atoms with E-state index in [1.807, 2.05) is 30.3 Å². The molecule has 156 valence electrons. The number of alkyl halides is 2. The number of amides is 1. The third-order valence-corrected chi connectivity index (χ3v) is 4.53. The fourth-order valence-corrected chi connectivity index (χ4v) is 3.03. The van der Waals surface area contributed by atoms with Gasteiger partial charge in [-0.3, -0.25) is 0 Å². The van der Waals surface area contributed by atoms with Gasteiger partial charge in [0.25, 0.3) is 5.92 Å². The Labute approximate surface area is 168 Å². The van der Waals surface area contributed by atoms with Crippen LogP contribution in [0.2, 0.25) is 0 Å². The third kappa shape index (κ3) is 5.62. The molecule has 1 unspecified atom stereocenters. The highest BCUT2D eigenvalue weighted by molar-refractivity contribution is 5.68. The van der Waals surface area contributed by atoms with E-state index < -0.39 is 30.0 Å². The number of carbonyl (C=O) groups is 1. The van der Waals surface area contributed by atoms with E-state index in [2.05, 4.69) is 10.2 Å². The minimum atomic E-state index is -2.99. The number of halogens is 2. The van der Waals surface area contributed by atoms with Crippen LogP contribution in [0.25, 0.3) is 0 Å². The lowest BCUT2D eigenvalue weighted by Crippen LogP contribution is -2.49. The number of nitrogens with zero attached hydrogens (tertiary/aromatic N) is 3. The zero-order valence-electron chi connectivity index (χ0n) is 16.8. The van der Waals surface area contributed by atoms with Crippen LogP contribution < -0.4 is 4.74 Å². The van der Waals surface area contributed by atoms with Crippen molar-refractivity contribution in [3.8, 4) is 5.88 Å². The summed E-state index contributed by atoms with van der Waals surface area (Å²) < 4.78 is 39.9. The average molecular weight is 405 g/mol. The molecule has 1 aliphatic heterocycles. The van der Waals surface area contributed by atoms with Gasteiger partial charge in [-0.2, -0.15) is 5.10 Å². The molecule has 0 saturated carbocycles. The maximum absolute atomic E-state index is 14.5. The highest BCUT2D eigenvalue weighted by atomic mass is 19.3. The summed E-state index contributed by atoms with van der Waals surface area (Å²) in [4.78, 5) is 13.6. The first-order valence-electron chi connectivity index (χ1n) is 9.50. The number of hydrogen-bond donors (Lipinski definition) is 0. The SMILES string of the molecule is CC(C)(C)OC(=O)N1CCC(F)(F)C(c2ccc(OCc3ccccc3)nn2)C1. The Balaban J connectivity index is 1.67. The molecule has 1 amide bonds. The lowest BCUT2D eigenvalue weighted by Gasteiger charge is -2.38. The van der Waals surface area contributed by atoms with Gasteiger partial charge in [-0.15, -0.1) is 5.10 Å². The van der Waals surface area contributed by atoms with Gasteiger partial charge in [0.15, 0.2) is 0 Å². The molecule has 1 aromatic heterocycles. The Kier molecular flexibility index (Phi) is 6.00. The number of hydrogen-bond acceptors (Lipinski definition) is 5. The Morgan fingerprint density at radius 2 is 1.90 bits per heavy atom. The molecule has 8 heteroatoms. The highest BCUT2D eigenvalue weighted by Gasteiger charge is 2.47. The lowest BCUT2D eigenvalue weighted by molar-refractivity contribution is -0.0783. The van der Waals surface area contributed by atoms with Crippen molar-refractivity contribution in [1.29, 1.82) is 0 Å². The predicted molar refractivity (Wildman–Crippen MR) is 103 cm³/mol. The summed E-state index contributed by atoms with van der Waals surface area (Å²) in [6.07, 6.45) is -1.06. The van der Waals surface area contributed by atoms with E-state index in [1.165, 1.54) is 17.0 Å². The molecular formula is C21H25F2N3O3. The Morgan fingerprint density at radius 3 is 2.52 bits per heavy atom. The molecule has 1 aromatic carbocycles. The molecule has 0 radical (unpaired) electrons. The lowest BCUT2D eigenvalue weighted by atomic mass is 9.90. The third-order valence-electron chi connectivity index (χ3n) is 4.53. The summed E-state index contributed by atoms with van der Waals surface area (Å²) in [5.41, 5.74) is 0.393. The van der Waals surface area contributed by atoms with Crippen molar-refractivity contribution in [2.75, 3.05) is 13.1 Å². The number of ether oxygens (including phenoxy) is 2. The van der Waals surface area contributed by atoms with Gasteiger partial charge >= 0.3 is 6.09 Å². The van der Waals surface area contributed by atoms with Crippen molar-refractivity contribution in [3.05, 3.63) is 53.7 Å². The van der Waals surface area contributed by atoms with Gasteiger partial charge in [-0.1, -0.05) is 30.3 Å². The molecule has 6 nitrogen and oxygen atoms in total. The van der Waals surface area contributed by atoms with E-state index in [4.69, 9.17) is 9.47 Å². The molecule has 2 heterocycles. The summed E-state index contributed by atoms with van der Waals surface area (Å²) in [7, 11) is 0. The molecule has 3 rings (SSSR count). The summed E-state index contributed by atoms with van der Waals surface area (Å²) in [5, 5.41) is 7.87. The van der Waals surface area contributed by atoms with Crippen LogP contribution in [0.1, 0.15) is 44.4 Å². The summed E-state index contributed by atoms with van der Waals surface area (Å²) >= 11 is 0. The van der Waals surface area contributed by atoms with Gasteiger partial charge in [0.2, 0.25) is 5.88 Å². The van der Waals surface area contributed by atoms with Gasteiger partial charge in [0.05, 0.1) is 11.6 Å². The predicted octanol–water partition coefficient (Wildman–Crippen LogP) is 4.42. The average Bonchev–Trinajstić information content (AvgIpc) is 2.66. The monoisotopic (exact) mass is 405 g/mol. The van der Waals surface area contributed by atoms with Crippen LogP contribution in [0, 0.1) is 0 Å². The minimum Gasteiger partial charge on any atom is -0.472 e. The maximum atomic E-state index is 14.5. The van der Waals surface area contributed by atoms with Crippen LogP contribution in [0.4, 0.5) is 13.6 Å². The molecule has 1 fully saturated rings. The van der Waals surface area contributed by atoms with Crippen LogP contribution >= 0.6 is 0 Å². The highest BCUT2D eigenvalue weighted by Crippen LogP contribution is 2.40. The summed E-state index contributed by atoms with van der Waals surface area (Å²) in [6, 6.07) is 12.5. The second kappa shape index (κ2) is 8.31. The second-order valence-corrected chi connectivity index (χ2v) is 8.06. The van der Waals surface area contributed by atoms with Gasteiger partial charge in [-0.05, 0) is 32.4 Å². The topological polar surface area (TPSA) is 64.5 Å².